The normalized spacial score (nSPS) is 14.3. The van der Waals surface area contributed by atoms with Crippen molar-refractivity contribution in [2.75, 3.05) is 43.1 Å². The van der Waals surface area contributed by atoms with E-state index in [0.29, 0.717) is 31.3 Å². The fourth-order valence-corrected chi connectivity index (χ4v) is 3.22. The molecule has 2 N–H and O–H groups in total. The van der Waals surface area contributed by atoms with Gasteiger partial charge in [0, 0.05) is 37.9 Å². The van der Waals surface area contributed by atoms with Crippen molar-refractivity contribution in [2.24, 2.45) is 7.05 Å². The van der Waals surface area contributed by atoms with Crippen molar-refractivity contribution in [3.8, 4) is 11.4 Å². The second-order valence-electron chi connectivity index (χ2n) is 6.53. The lowest BCUT2D eigenvalue weighted by Gasteiger charge is -2.28. The predicted molar refractivity (Wildman–Crippen MR) is 107 cm³/mol. The molecule has 9 nitrogen and oxygen atoms in total. The zero-order chi connectivity index (χ0) is 19.5. The van der Waals surface area contributed by atoms with Gasteiger partial charge >= 0.3 is 6.03 Å². The smallest absolute Gasteiger partial charge is 0.319 e. The van der Waals surface area contributed by atoms with Crippen LogP contribution in [0.25, 0.3) is 22.4 Å². The van der Waals surface area contributed by atoms with E-state index < -0.39 is 0 Å². The molecule has 1 aliphatic heterocycles. The number of hydrogen-bond acceptors (Lipinski definition) is 6. The maximum Gasteiger partial charge on any atom is 0.319 e. The average Bonchev–Trinajstić information content (AvgIpc) is 3.10. The van der Waals surface area contributed by atoms with Crippen LogP contribution in [0.3, 0.4) is 0 Å². The summed E-state index contributed by atoms with van der Waals surface area (Å²) in [6.45, 7) is 5.38. The van der Waals surface area contributed by atoms with Gasteiger partial charge in [0.15, 0.2) is 11.6 Å². The third-order valence-corrected chi connectivity index (χ3v) is 4.62. The Hall–Kier alpha value is -3.20. The second kappa shape index (κ2) is 7.81. The minimum atomic E-state index is -0.224. The summed E-state index contributed by atoms with van der Waals surface area (Å²) in [6.07, 6.45) is 1.76. The standard InChI is InChI=1S/C19H23N7O2/c1-3-20-19(27)22-14-6-4-13(5-7-14)17-23-15-12-21-25(2)16(15)18(24-17)26-8-10-28-11-9-26/h4-7,12H,3,8-11H2,1-2H3,(H2,20,22,27). The number of rotatable bonds is 4. The number of amides is 2. The van der Waals surface area contributed by atoms with Gasteiger partial charge in [-0.05, 0) is 31.2 Å². The molecule has 2 aromatic heterocycles. The van der Waals surface area contributed by atoms with Gasteiger partial charge < -0.3 is 20.3 Å². The number of ether oxygens (including phenoxy) is 1. The van der Waals surface area contributed by atoms with Gasteiger partial charge in [0.2, 0.25) is 0 Å². The molecule has 3 aromatic rings. The van der Waals surface area contributed by atoms with E-state index in [1.165, 1.54) is 0 Å². The molecule has 0 saturated carbocycles. The number of aryl methyl sites for hydroxylation is 1. The molecule has 0 radical (unpaired) electrons. The molecule has 0 atom stereocenters. The Labute approximate surface area is 162 Å². The summed E-state index contributed by atoms with van der Waals surface area (Å²) in [6, 6.07) is 7.27. The van der Waals surface area contributed by atoms with Crippen LogP contribution in [0.2, 0.25) is 0 Å². The van der Waals surface area contributed by atoms with Crippen LogP contribution < -0.4 is 15.5 Å². The van der Waals surface area contributed by atoms with Gasteiger partial charge in [0.05, 0.1) is 19.4 Å². The van der Waals surface area contributed by atoms with Gasteiger partial charge in [-0.3, -0.25) is 4.68 Å². The molecule has 2 amide bonds. The van der Waals surface area contributed by atoms with Crippen LogP contribution in [0.15, 0.2) is 30.5 Å². The minimum Gasteiger partial charge on any atom is -0.378 e. The van der Waals surface area contributed by atoms with E-state index in [4.69, 9.17) is 9.72 Å². The molecule has 4 rings (SSSR count). The average molecular weight is 381 g/mol. The maximum atomic E-state index is 11.7. The molecule has 9 heteroatoms. The molecule has 1 saturated heterocycles. The van der Waals surface area contributed by atoms with E-state index in [1.807, 2.05) is 42.9 Å². The number of carbonyl (C=O) groups excluding carboxylic acids is 1. The van der Waals surface area contributed by atoms with Crippen molar-refractivity contribution >= 4 is 28.6 Å². The molecule has 0 aliphatic carbocycles. The third-order valence-electron chi connectivity index (χ3n) is 4.62. The third kappa shape index (κ3) is 3.61. The van der Waals surface area contributed by atoms with Crippen LogP contribution in [0.1, 0.15) is 6.92 Å². The zero-order valence-corrected chi connectivity index (χ0v) is 16.0. The monoisotopic (exact) mass is 381 g/mol. The lowest BCUT2D eigenvalue weighted by molar-refractivity contribution is 0.122. The van der Waals surface area contributed by atoms with Crippen LogP contribution in [-0.4, -0.2) is 58.6 Å². The number of nitrogens with one attached hydrogen (secondary N) is 2. The molecule has 0 bridgehead atoms. The molecular weight excluding hydrogens is 358 g/mol. The number of carbonyl (C=O) groups is 1. The highest BCUT2D eigenvalue weighted by Gasteiger charge is 2.20. The van der Waals surface area contributed by atoms with Crippen molar-refractivity contribution < 1.29 is 9.53 Å². The van der Waals surface area contributed by atoms with Gasteiger partial charge in [-0.2, -0.15) is 5.10 Å². The Morgan fingerprint density at radius 3 is 2.64 bits per heavy atom. The Morgan fingerprint density at radius 2 is 1.93 bits per heavy atom. The Morgan fingerprint density at radius 1 is 1.18 bits per heavy atom. The number of anilines is 2. The van der Waals surface area contributed by atoms with Gasteiger partial charge in [-0.15, -0.1) is 0 Å². The Kier molecular flexibility index (Phi) is 5.07. The summed E-state index contributed by atoms with van der Waals surface area (Å²) in [5.74, 6) is 1.50. The lowest BCUT2D eigenvalue weighted by Crippen LogP contribution is -2.37. The highest BCUT2D eigenvalue weighted by molar-refractivity contribution is 5.90. The highest BCUT2D eigenvalue weighted by Crippen LogP contribution is 2.28. The van der Waals surface area contributed by atoms with E-state index in [-0.39, 0.29) is 6.03 Å². The predicted octanol–water partition coefficient (Wildman–Crippen LogP) is 2.01. The number of fused-ring (bicyclic) bond motifs is 1. The first-order valence-electron chi connectivity index (χ1n) is 9.33. The number of benzene rings is 1. The number of urea groups is 1. The number of aromatic nitrogens is 4. The summed E-state index contributed by atoms with van der Waals surface area (Å²) >= 11 is 0. The summed E-state index contributed by atoms with van der Waals surface area (Å²) in [5.41, 5.74) is 3.31. The summed E-state index contributed by atoms with van der Waals surface area (Å²) < 4.78 is 7.28. The van der Waals surface area contributed by atoms with Crippen LogP contribution in [0.4, 0.5) is 16.3 Å². The van der Waals surface area contributed by atoms with E-state index >= 15 is 0 Å². The molecule has 1 fully saturated rings. The Balaban J connectivity index is 1.68. The van der Waals surface area contributed by atoms with Crippen molar-refractivity contribution in [3.63, 3.8) is 0 Å². The SMILES string of the molecule is CCNC(=O)Nc1ccc(-c2nc(N3CCOCC3)c3c(cnn3C)n2)cc1. The topological polar surface area (TPSA) is 97.2 Å². The van der Waals surface area contributed by atoms with Gasteiger partial charge in [0.25, 0.3) is 0 Å². The largest absolute Gasteiger partial charge is 0.378 e. The number of hydrogen-bond donors (Lipinski definition) is 2. The van der Waals surface area contributed by atoms with Crippen LogP contribution in [-0.2, 0) is 11.8 Å². The summed E-state index contributed by atoms with van der Waals surface area (Å²) in [5, 5.41) is 9.85. The van der Waals surface area contributed by atoms with E-state index in [9.17, 15) is 4.79 Å². The van der Waals surface area contributed by atoms with Crippen molar-refractivity contribution in [2.45, 2.75) is 6.92 Å². The molecule has 0 spiro atoms. The Bertz CT molecular complexity index is 978. The van der Waals surface area contributed by atoms with Crippen molar-refractivity contribution in [1.29, 1.82) is 0 Å². The minimum absolute atomic E-state index is 0.224. The fraction of sp³-hybridized carbons (Fsp3) is 0.368. The second-order valence-corrected chi connectivity index (χ2v) is 6.53. The van der Waals surface area contributed by atoms with Gasteiger partial charge in [-0.1, -0.05) is 0 Å². The number of nitrogens with zero attached hydrogens (tertiary/aromatic N) is 5. The van der Waals surface area contributed by atoms with Crippen molar-refractivity contribution in [1.82, 2.24) is 25.1 Å². The maximum absolute atomic E-state index is 11.7. The molecule has 3 heterocycles. The molecular formula is C19H23N7O2. The molecule has 146 valence electrons. The number of morpholine rings is 1. The highest BCUT2D eigenvalue weighted by atomic mass is 16.5. The molecule has 1 aromatic carbocycles. The van der Waals surface area contributed by atoms with Gasteiger partial charge in [-0.25, -0.2) is 14.8 Å². The fourth-order valence-electron chi connectivity index (χ4n) is 3.22. The van der Waals surface area contributed by atoms with Crippen LogP contribution in [0.5, 0.6) is 0 Å². The van der Waals surface area contributed by atoms with Crippen molar-refractivity contribution in [3.05, 3.63) is 30.5 Å². The van der Waals surface area contributed by atoms with E-state index in [0.717, 1.165) is 35.5 Å². The molecule has 0 unspecified atom stereocenters. The molecule has 28 heavy (non-hydrogen) atoms. The van der Waals surface area contributed by atoms with E-state index in [1.54, 1.807) is 6.20 Å². The van der Waals surface area contributed by atoms with Gasteiger partial charge in [0.1, 0.15) is 11.0 Å². The first-order chi connectivity index (χ1) is 13.7. The lowest BCUT2D eigenvalue weighted by atomic mass is 10.2. The van der Waals surface area contributed by atoms with Crippen LogP contribution >= 0.6 is 0 Å². The summed E-state index contributed by atoms with van der Waals surface area (Å²) in [4.78, 5) is 23.4. The van der Waals surface area contributed by atoms with Crippen LogP contribution in [0, 0.1) is 0 Å². The quantitative estimate of drug-likeness (QED) is 0.718. The zero-order valence-electron chi connectivity index (χ0n) is 16.0. The van der Waals surface area contributed by atoms with E-state index in [2.05, 4.69) is 25.6 Å². The molecule has 1 aliphatic rings. The summed E-state index contributed by atoms with van der Waals surface area (Å²) in [7, 11) is 1.90. The first-order valence-corrected chi connectivity index (χ1v) is 9.33. The first kappa shape index (κ1) is 18.2.